The summed E-state index contributed by atoms with van der Waals surface area (Å²) in [5, 5.41) is 12.8. The van der Waals surface area contributed by atoms with Crippen molar-refractivity contribution in [3.05, 3.63) is 64.7 Å². The van der Waals surface area contributed by atoms with Gasteiger partial charge in [0.15, 0.2) is 0 Å². The highest BCUT2D eigenvalue weighted by atomic mass is 19.1. The summed E-state index contributed by atoms with van der Waals surface area (Å²) < 4.78 is 20.3. The fourth-order valence-electron chi connectivity index (χ4n) is 3.09. The molecule has 1 atom stereocenters. The molecule has 0 radical (unpaired) electrons. The standard InChI is InChI=1S/C19H19FN2O3/c1-10(2)25-18-17-14(8-9-21-18)22-11(3)15(19(23)24)16(17)12-6-4-5-7-13(12)20/h4-10,16,22H,1-3H3,(H,23,24). The first-order valence-corrected chi connectivity index (χ1v) is 8.01. The lowest BCUT2D eigenvalue weighted by Gasteiger charge is -2.30. The minimum Gasteiger partial charge on any atom is -0.478 e. The molecule has 6 heteroatoms. The molecule has 0 amide bonds. The van der Waals surface area contributed by atoms with Crippen molar-refractivity contribution in [3.8, 4) is 5.88 Å². The Balaban J connectivity index is 2.29. The van der Waals surface area contributed by atoms with Crippen molar-refractivity contribution in [2.75, 3.05) is 5.32 Å². The highest BCUT2D eigenvalue weighted by Crippen LogP contribution is 2.46. The van der Waals surface area contributed by atoms with E-state index in [-0.39, 0.29) is 17.2 Å². The molecule has 25 heavy (non-hydrogen) atoms. The number of aromatic nitrogens is 1. The first kappa shape index (κ1) is 17.0. The number of carbonyl (C=O) groups is 1. The van der Waals surface area contributed by atoms with Gasteiger partial charge in [0.1, 0.15) is 5.82 Å². The molecule has 1 aliphatic heterocycles. The first-order valence-electron chi connectivity index (χ1n) is 8.01. The third-order valence-corrected chi connectivity index (χ3v) is 4.05. The fourth-order valence-corrected chi connectivity index (χ4v) is 3.09. The van der Waals surface area contributed by atoms with Gasteiger partial charge in [0, 0.05) is 23.1 Å². The maximum absolute atomic E-state index is 14.5. The molecule has 1 unspecified atom stereocenters. The maximum atomic E-state index is 14.5. The average molecular weight is 342 g/mol. The second kappa shape index (κ2) is 6.55. The van der Waals surface area contributed by atoms with E-state index in [1.165, 1.54) is 6.07 Å². The fraction of sp³-hybridized carbons (Fsp3) is 0.263. The number of allylic oxidation sites excluding steroid dienone is 1. The van der Waals surface area contributed by atoms with E-state index < -0.39 is 17.7 Å². The zero-order valence-electron chi connectivity index (χ0n) is 14.2. The predicted molar refractivity (Wildman–Crippen MR) is 92.2 cm³/mol. The summed E-state index contributed by atoms with van der Waals surface area (Å²) in [4.78, 5) is 16.2. The number of anilines is 1. The number of rotatable bonds is 4. The summed E-state index contributed by atoms with van der Waals surface area (Å²) >= 11 is 0. The molecule has 1 aromatic carbocycles. The number of carboxylic acid groups (broad SMARTS) is 1. The third-order valence-electron chi connectivity index (χ3n) is 4.05. The quantitative estimate of drug-likeness (QED) is 0.881. The molecular weight excluding hydrogens is 323 g/mol. The molecule has 2 heterocycles. The van der Waals surface area contributed by atoms with Crippen molar-refractivity contribution >= 4 is 11.7 Å². The van der Waals surface area contributed by atoms with E-state index in [1.807, 2.05) is 13.8 Å². The predicted octanol–water partition coefficient (Wildman–Crippen LogP) is 3.92. The normalized spacial score (nSPS) is 16.4. The van der Waals surface area contributed by atoms with Gasteiger partial charge in [-0.15, -0.1) is 0 Å². The first-order chi connectivity index (χ1) is 11.9. The highest BCUT2D eigenvalue weighted by Gasteiger charge is 2.36. The molecule has 130 valence electrons. The third kappa shape index (κ3) is 3.07. The van der Waals surface area contributed by atoms with Crippen molar-refractivity contribution < 1.29 is 19.0 Å². The maximum Gasteiger partial charge on any atom is 0.334 e. The van der Waals surface area contributed by atoms with E-state index in [1.54, 1.807) is 37.4 Å². The Morgan fingerprint density at radius 3 is 2.68 bits per heavy atom. The van der Waals surface area contributed by atoms with E-state index in [0.29, 0.717) is 22.8 Å². The number of ether oxygens (including phenoxy) is 1. The van der Waals surface area contributed by atoms with Gasteiger partial charge in [0.25, 0.3) is 0 Å². The van der Waals surface area contributed by atoms with Crippen LogP contribution in [0.15, 0.2) is 47.8 Å². The lowest BCUT2D eigenvalue weighted by Crippen LogP contribution is -2.25. The molecule has 5 nitrogen and oxygen atoms in total. The zero-order valence-corrected chi connectivity index (χ0v) is 14.2. The second-order valence-electron chi connectivity index (χ2n) is 6.17. The van der Waals surface area contributed by atoms with E-state index in [2.05, 4.69) is 10.3 Å². The lowest BCUT2D eigenvalue weighted by molar-refractivity contribution is -0.133. The van der Waals surface area contributed by atoms with Crippen LogP contribution in [-0.2, 0) is 4.79 Å². The van der Waals surface area contributed by atoms with Gasteiger partial charge in [0.2, 0.25) is 5.88 Å². The van der Waals surface area contributed by atoms with Crippen LogP contribution < -0.4 is 10.1 Å². The second-order valence-corrected chi connectivity index (χ2v) is 6.17. The van der Waals surface area contributed by atoms with Gasteiger partial charge in [-0.05, 0) is 32.9 Å². The van der Waals surface area contributed by atoms with Crippen LogP contribution in [0.5, 0.6) is 5.88 Å². The minimum absolute atomic E-state index is 0.0826. The molecule has 0 spiro atoms. The number of aliphatic carboxylic acids is 1. The van der Waals surface area contributed by atoms with Crippen LogP contribution in [0.3, 0.4) is 0 Å². The lowest BCUT2D eigenvalue weighted by atomic mass is 9.81. The SMILES string of the molecule is CC1=C(C(=O)O)C(c2ccccc2F)c2c(ccnc2OC(C)C)N1. The largest absolute Gasteiger partial charge is 0.478 e. The number of hydrogen-bond donors (Lipinski definition) is 2. The monoisotopic (exact) mass is 342 g/mol. The molecule has 1 aromatic heterocycles. The van der Waals surface area contributed by atoms with Crippen LogP contribution in [0.1, 0.15) is 37.8 Å². The summed E-state index contributed by atoms with van der Waals surface area (Å²) in [6.45, 7) is 5.38. The van der Waals surface area contributed by atoms with Crippen LogP contribution in [0.4, 0.5) is 10.1 Å². The zero-order chi connectivity index (χ0) is 18.1. The Morgan fingerprint density at radius 2 is 2.04 bits per heavy atom. The van der Waals surface area contributed by atoms with Crippen molar-refractivity contribution in [3.63, 3.8) is 0 Å². The van der Waals surface area contributed by atoms with Crippen LogP contribution in [0.2, 0.25) is 0 Å². The summed E-state index contributed by atoms with van der Waals surface area (Å²) in [7, 11) is 0. The molecule has 2 N–H and O–H groups in total. The molecule has 0 bridgehead atoms. The highest BCUT2D eigenvalue weighted by molar-refractivity contribution is 5.93. The molecular formula is C19H19FN2O3. The molecule has 1 aliphatic rings. The average Bonchev–Trinajstić information content (AvgIpc) is 2.53. The smallest absolute Gasteiger partial charge is 0.334 e. The molecule has 0 fully saturated rings. The number of fused-ring (bicyclic) bond motifs is 1. The van der Waals surface area contributed by atoms with Crippen LogP contribution in [0, 0.1) is 5.82 Å². The summed E-state index contributed by atoms with van der Waals surface area (Å²) in [5.41, 5.74) is 2.03. The molecule has 3 rings (SSSR count). The summed E-state index contributed by atoms with van der Waals surface area (Å²) in [6.07, 6.45) is 1.43. The number of nitrogens with zero attached hydrogens (tertiary/aromatic N) is 1. The van der Waals surface area contributed by atoms with Gasteiger partial charge >= 0.3 is 5.97 Å². The number of nitrogens with one attached hydrogen (secondary N) is 1. The van der Waals surface area contributed by atoms with Crippen molar-refractivity contribution in [1.82, 2.24) is 4.98 Å². The number of carboxylic acids is 1. The topological polar surface area (TPSA) is 71.5 Å². The van der Waals surface area contributed by atoms with Crippen molar-refractivity contribution in [1.29, 1.82) is 0 Å². The number of pyridine rings is 1. The van der Waals surface area contributed by atoms with Gasteiger partial charge in [-0.1, -0.05) is 18.2 Å². The molecule has 0 aliphatic carbocycles. The van der Waals surface area contributed by atoms with Gasteiger partial charge < -0.3 is 15.2 Å². The Morgan fingerprint density at radius 1 is 1.32 bits per heavy atom. The number of hydrogen-bond acceptors (Lipinski definition) is 4. The van der Waals surface area contributed by atoms with Gasteiger partial charge in [-0.25, -0.2) is 14.2 Å². The van der Waals surface area contributed by atoms with E-state index in [9.17, 15) is 14.3 Å². The Kier molecular flexibility index (Phi) is 4.44. The number of halogens is 1. The molecule has 0 saturated carbocycles. The van der Waals surface area contributed by atoms with Crippen LogP contribution in [-0.4, -0.2) is 22.2 Å². The van der Waals surface area contributed by atoms with Gasteiger partial charge in [-0.2, -0.15) is 0 Å². The van der Waals surface area contributed by atoms with Gasteiger partial charge in [0.05, 0.1) is 23.2 Å². The van der Waals surface area contributed by atoms with E-state index >= 15 is 0 Å². The minimum atomic E-state index is -1.11. The Bertz CT molecular complexity index is 861. The number of benzene rings is 1. The molecule has 0 saturated heterocycles. The van der Waals surface area contributed by atoms with Crippen molar-refractivity contribution in [2.45, 2.75) is 32.8 Å². The van der Waals surface area contributed by atoms with Crippen LogP contribution in [0.25, 0.3) is 0 Å². The van der Waals surface area contributed by atoms with E-state index in [4.69, 9.17) is 4.74 Å². The Labute approximate surface area is 145 Å². The van der Waals surface area contributed by atoms with Gasteiger partial charge in [-0.3, -0.25) is 0 Å². The van der Waals surface area contributed by atoms with E-state index in [0.717, 1.165) is 0 Å². The molecule has 2 aromatic rings. The summed E-state index contributed by atoms with van der Waals surface area (Å²) in [6, 6.07) is 7.92. The summed E-state index contributed by atoms with van der Waals surface area (Å²) in [5.74, 6) is -2.08. The van der Waals surface area contributed by atoms with Crippen molar-refractivity contribution in [2.24, 2.45) is 0 Å². The van der Waals surface area contributed by atoms with Crippen LogP contribution >= 0.6 is 0 Å². The Hall–Kier alpha value is -2.89.